The highest BCUT2D eigenvalue weighted by Gasteiger charge is 2.36. The molecule has 0 radical (unpaired) electrons. The highest BCUT2D eigenvalue weighted by atomic mass is 35.5. The number of carbonyl (C=O) groups excluding carboxylic acids is 1. The van der Waals surface area contributed by atoms with Gasteiger partial charge in [-0.15, -0.1) is 0 Å². The Morgan fingerprint density at radius 1 is 1.17 bits per heavy atom. The standard InChI is InChI=1S/C20H14ClF4N3O2/c21-15-9-14(22)6-3-12(15)10-28-16(7-8-17(28)29)19-26-18(27-30-19)11-1-4-13(5-2-11)20(23,24)25/h1-6,9,16H,7-8,10H2. The van der Waals surface area contributed by atoms with Crippen LogP contribution in [0.4, 0.5) is 17.6 Å². The van der Waals surface area contributed by atoms with Gasteiger partial charge in [0.15, 0.2) is 0 Å². The number of hydrogen-bond acceptors (Lipinski definition) is 4. The van der Waals surface area contributed by atoms with Gasteiger partial charge in [0.1, 0.15) is 11.9 Å². The Morgan fingerprint density at radius 3 is 2.57 bits per heavy atom. The number of nitrogens with zero attached hydrogens (tertiary/aromatic N) is 3. The molecule has 1 aromatic heterocycles. The average molecular weight is 440 g/mol. The summed E-state index contributed by atoms with van der Waals surface area (Å²) in [7, 11) is 0. The number of hydrogen-bond donors (Lipinski definition) is 0. The van der Waals surface area contributed by atoms with E-state index in [9.17, 15) is 22.4 Å². The maximum atomic E-state index is 13.3. The van der Waals surface area contributed by atoms with Crippen LogP contribution in [0.15, 0.2) is 47.0 Å². The fraction of sp³-hybridized carbons (Fsp3) is 0.250. The van der Waals surface area contributed by atoms with E-state index in [1.807, 2.05) is 0 Å². The molecule has 1 aliphatic rings. The first-order valence-electron chi connectivity index (χ1n) is 8.97. The Bertz CT molecular complexity index is 1080. The van der Waals surface area contributed by atoms with Crippen LogP contribution in [0.5, 0.6) is 0 Å². The molecule has 0 bridgehead atoms. The molecule has 0 saturated carbocycles. The van der Waals surface area contributed by atoms with E-state index in [1.54, 1.807) is 0 Å². The zero-order valence-corrected chi connectivity index (χ0v) is 16.0. The van der Waals surface area contributed by atoms with Crippen molar-refractivity contribution in [2.75, 3.05) is 0 Å². The van der Waals surface area contributed by atoms with Crippen LogP contribution >= 0.6 is 11.6 Å². The average Bonchev–Trinajstić information content (AvgIpc) is 3.31. The third-order valence-corrected chi connectivity index (χ3v) is 5.23. The lowest BCUT2D eigenvalue weighted by Gasteiger charge is -2.22. The van der Waals surface area contributed by atoms with Gasteiger partial charge in [0.05, 0.1) is 5.56 Å². The van der Waals surface area contributed by atoms with Gasteiger partial charge in [0.2, 0.25) is 17.6 Å². The quantitative estimate of drug-likeness (QED) is 0.510. The summed E-state index contributed by atoms with van der Waals surface area (Å²) >= 11 is 6.07. The van der Waals surface area contributed by atoms with Crippen molar-refractivity contribution in [1.29, 1.82) is 0 Å². The lowest BCUT2D eigenvalue weighted by atomic mass is 10.1. The first-order valence-corrected chi connectivity index (χ1v) is 9.35. The lowest BCUT2D eigenvalue weighted by Crippen LogP contribution is -2.27. The van der Waals surface area contributed by atoms with Gasteiger partial charge in [-0.3, -0.25) is 4.79 Å². The van der Waals surface area contributed by atoms with Crippen molar-refractivity contribution in [2.45, 2.75) is 31.6 Å². The monoisotopic (exact) mass is 439 g/mol. The summed E-state index contributed by atoms with van der Waals surface area (Å²) in [6, 6.07) is 7.81. The van der Waals surface area contributed by atoms with E-state index < -0.39 is 23.6 Å². The second-order valence-electron chi connectivity index (χ2n) is 6.84. The van der Waals surface area contributed by atoms with E-state index >= 15 is 0 Å². The normalized spacial score (nSPS) is 17.0. The molecule has 0 N–H and O–H groups in total. The third-order valence-electron chi connectivity index (χ3n) is 4.88. The molecule has 3 aromatic rings. The predicted octanol–water partition coefficient (Wildman–Crippen LogP) is 5.41. The summed E-state index contributed by atoms with van der Waals surface area (Å²) in [5, 5.41) is 4.04. The molecule has 1 atom stereocenters. The van der Waals surface area contributed by atoms with Crippen LogP contribution in [0.3, 0.4) is 0 Å². The number of rotatable bonds is 4. The lowest BCUT2D eigenvalue weighted by molar-refractivity contribution is -0.137. The van der Waals surface area contributed by atoms with Gasteiger partial charge in [0.25, 0.3) is 0 Å². The molecular formula is C20H14ClF4N3O2. The van der Waals surface area contributed by atoms with Crippen LogP contribution in [0.25, 0.3) is 11.4 Å². The minimum absolute atomic E-state index is 0.123. The number of aromatic nitrogens is 2. The Hall–Kier alpha value is -2.94. The highest BCUT2D eigenvalue weighted by Crippen LogP contribution is 2.36. The van der Waals surface area contributed by atoms with Crippen LogP contribution in [0.2, 0.25) is 5.02 Å². The van der Waals surface area contributed by atoms with E-state index in [2.05, 4.69) is 10.1 Å². The van der Waals surface area contributed by atoms with Crippen molar-refractivity contribution in [3.05, 3.63) is 70.3 Å². The van der Waals surface area contributed by atoms with Gasteiger partial charge < -0.3 is 9.42 Å². The summed E-state index contributed by atoms with van der Waals surface area (Å²) in [6.45, 7) is 0.139. The van der Waals surface area contributed by atoms with Gasteiger partial charge in [-0.25, -0.2) is 4.39 Å². The number of likely N-dealkylation sites (tertiary alicyclic amines) is 1. The number of carbonyl (C=O) groups is 1. The summed E-state index contributed by atoms with van der Waals surface area (Å²) in [5.74, 6) is -0.326. The highest BCUT2D eigenvalue weighted by molar-refractivity contribution is 6.31. The number of alkyl halides is 3. The molecule has 1 unspecified atom stereocenters. The van der Waals surface area contributed by atoms with Crippen molar-refractivity contribution in [2.24, 2.45) is 0 Å². The molecule has 5 nitrogen and oxygen atoms in total. The third kappa shape index (κ3) is 4.02. The van der Waals surface area contributed by atoms with Gasteiger partial charge in [-0.2, -0.15) is 18.2 Å². The number of amides is 1. The molecule has 2 aromatic carbocycles. The Balaban J connectivity index is 1.56. The van der Waals surface area contributed by atoms with Crippen LogP contribution in [-0.2, 0) is 17.5 Å². The molecule has 0 spiro atoms. The molecule has 30 heavy (non-hydrogen) atoms. The summed E-state index contributed by atoms with van der Waals surface area (Å²) in [6.07, 6.45) is -3.74. The van der Waals surface area contributed by atoms with Crippen LogP contribution in [-0.4, -0.2) is 20.9 Å². The largest absolute Gasteiger partial charge is 0.416 e. The van der Waals surface area contributed by atoms with Gasteiger partial charge in [0, 0.05) is 23.6 Å². The molecular weight excluding hydrogens is 426 g/mol. The van der Waals surface area contributed by atoms with E-state index in [-0.39, 0.29) is 35.6 Å². The van der Waals surface area contributed by atoms with E-state index in [0.717, 1.165) is 12.1 Å². The molecule has 4 rings (SSSR count). The first-order chi connectivity index (χ1) is 14.2. The SMILES string of the molecule is O=C1CCC(c2nc(-c3ccc(C(F)(F)F)cc3)no2)N1Cc1ccc(F)cc1Cl. The zero-order valence-electron chi connectivity index (χ0n) is 15.3. The fourth-order valence-electron chi connectivity index (χ4n) is 3.32. The van der Waals surface area contributed by atoms with Crippen LogP contribution < -0.4 is 0 Å². The minimum atomic E-state index is -4.44. The summed E-state index contributed by atoms with van der Waals surface area (Å²) < 4.78 is 56.7. The predicted molar refractivity (Wildman–Crippen MR) is 98.7 cm³/mol. The topological polar surface area (TPSA) is 59.2 Å². The van der Waals surface area contributed by atoms with Crippen molar-refractivity contribution >= 4 is 17.5 Å². The molecule has 1 fully saturated rings. The zero-order chi connectivity index (χ0) is 21.5. The fourth-order valence-corrected chi connectivity index (χ4v) is 3.55. The molecule has 2 heterocycles. The van der Waals surface area contributed by atoms with Gasteiger partial charge in [-0.05, 0) is 36.2 Å². The van der Waals surface area contributed by atoms with Crippen molar-refractivity contribution in [1.82, 2.24) is 15.0 Å². The second kappa shape index (κ2) is 7.71. The summed E-state index contributed by atoms with van der Waals surface area (Å²) in [5.41, 5.74) is 0.148. The molecule has 1 amide bonds. The molecule has 156 valence electrons. The molecule has 0 aliphatic carbocycles. The van der Waals surface area contributed by atoms with E-state index in [4.69, 9.17) is 16.1 Å². The number of halogens is 5. The first kappa shape index (κ1) is 20.3. The Labute approximate surface area is 173 Å². The van der Waals surface area contributed by atoms with Crippen molar-refractivity contribution < 1.29 is 26.9 Å². The Kier molecular flexibility index (Phi) is 5.23. The van der Waals surface area contributed by atoms with Crippen LogP contribution in [0.1, 0.15) is 35.9 Å². The molecule has 1 saturated heterocycles. The van der Waals surface area contributed by atoms with Crippen molar-refractivity contribution in [3.63, 3.8) is 0 Å². The van der Waals surface area contributed by atoms with Gasteiger partial charge >= 0.3 is 6.18 Å². The second-order valence-corrected chi connectivity index (χ2v) is 7.25. The van der Waals surface area contributed by atoms with Gasteiger partial charge in [-0.1, -0.05) is 35.0 Å². The molecule has 10 heteroatoms. The van der Waals surface area contributed by atoms with Crippen molar-refractivity contribution in [3.8, 4) is 11.4 Å². The summed E-state index contributed by atoms with van der Waals surface area (Å²) in [4.78, 5) is 18.1. The van der Waals surface area contributed by atoms with Crippen LogP contribution in [0, 0.1) is 5.82 Å². The van der Waals surface area contributed by atoms with E-state index in [0.29, 0.717) is 17.5 Å². The maximum Gasteiger partial charge on any atom is 0.416 e. The maximum absolute atomic E-state index is 13.3. The number of benzene rings is 2. The minimum Gasteiger partial charge on any atom is -0.337 e. The smallest absolute Gasteiger partial charge is 0.337 e. The Morgan fingerprint density at radius 2 is 1.90 bits per heavy atom. The molecule has 1 aliphatic heterocycles. The van der Waals surface area contributed by atoms with E-state index in [1.165, 1.54) is 35.2 Å².